The zero-order valence-corrected chi connectivity index (χ0v) is 11.0. The van der Waals surface area contributed by atoms with Crippen LogP contribution < -0.4 is 0 Å². The molecule has 0 radical (unpaired) electrons. The van der Waals surface area contributed by atoms with Crippen LogP contribution in [0, 0.1) is 0 Å². The van der Waals surface area contributed by atoms with Crippen LogP contribution in [0.3, 0.4) is 0 Å². The third kappa shape index (κ3) is 3.24. The monoisotopic (exact) mass is 239 g/mol. The molecule has 0 N–H and O–H groups in total. The van der Waals surface area contributed by atoms with Crippen LogP contribution in [-0.2, 0) is 4.84 Å². The predicted molar refractivity (Wildman–Crippen MR) is 69.4 cm³/mol. The van der Waals surface area contributed by atoms with Crippen LogP contribution in [0.15, 0.2) is 23.4 Å². The zero-order chi connectivity index (χ0) is 12.1. The molecule has 1 unspecified atom stereocenters. The lowest BCUT2D eigenvalue weighted by molar-refractivity contribution is 0.213. The minimum Gasteiger partial charge on any atom is -0.399 e. The Bertz CT molecular complexity index is 388. The van der Waals surface area contributed by atoms with Crippen molar-refractivity contribution in [2.75, 3.05) is 7.11 Å². The van der Waals surface area contributed by atoms with Crippen molar-refractivity contribution in [3.63, 3.8) is 0 Å². The second kappa shape index (κ2) is 5.90. The Balaban J connectivity index is 3.12. The van der Waals surface area contributed by atoms with Crippen molar-refractivity contribution in [1.29, 1.82) is 0 Å². The van der Waals surface area contributed by atoms with Crippen LogP contribution >= 0.6 is 11.6 Å². The van der Waals surface area contributed by atoms with Gasteiger partial charge in [0.15, 0.2) is 0 Å². The molecule has 0 aromatic heterocycles. The number of nitrogens with zero attached hydrogens (tertiary/aromatic N) is 1. The second-order valence-electron chi connectivity index (χ2n) is 3.94. The first-order valence-electron chi connectivity index (χ1n) is 5.47. The lowest BCUT2D eigenvalue weighted by Crippen LogP contribution is -1.99. The highest BCUT2D eigenvalue weighted by atomic mass is 35.5. The molecule has 16 heavy (non-hydrogen) atoms. The summed E-state index contributed by atoms with van der Waals surface area (Å²) in [6, 6.07) is 6.04. The lowest BCUT2D eigenvalue weighted by Gasteiger charge is -2.11. The van der Waals surface area contributed by atoms with Crippen LogP contribution in [0.4, 0.5) is 0 Å². The molecule has 0 fully saturated rings. The summed E-state index contributed by atoms with van der Waals surface area (Å²) in [5.74, 6) is 0.507. The first-order valence-corrected chi connectivity index (χ1v) is 5.84. The van der Waals surface area contributed by atoms with Gasteiger partial charge < -0.3 is 4.84 Å². The van der Waals surface area contributed by atoms with E-state index in [9.17, 15) is 0 Å². The first-order chi connectivity index (χ1) is 7.58. The predicted octanol–water partition coefficient (Wildman–Crippen LogP) is 4.22. The fourth-order valence-electron chi connectivity index (χ4n) is 1.53. The molecule has 1 rings (SSSR count). The lowest BCUT2D eigenvalue weighted by atomic mass is 9.96. The number of rotatable bonds is 4. The second-order valence-corrected chi connectivity index (χ2v) is 4.38. The molecule has 0 saturated carbocycles. The summed E-state index contributed by atoms with van der Waals surface area (Å²) in [6.45, 7) is 6.27. The Labute approximate surface area is 102 Å². The average Bonchev–Trinajstić information content (AvgIpc) is 2.27. The van der Waals surface area contributed by atoms with Crippen LogP contribution in [0.25, 0.3) is 0 Å². The summed E-state index contributed by atoms with van der Waals surface area (Å²) in [4.78, 5) is 4.77. The molecule has 1 atom stereocenters. The van der Waals surface area contributed by atoms with Crippen molar-refractivity contribution < 1.29 is 4.84 Å². The van der Waals surface area contributed by atoms with Gasteiger partial charge >= 0.3 is 0 Å². The van der Waals surface area contributed by atoms with Crippen molar-refractivity contribution in [2.24, 2.45) is 5.16 Å². The van der Waals surface area contributed by atoms with Gasteiger partial charge in [-0.3, -0.25) is 0 Å². The summed E-state index contributed by atoms with van der Waals surface area (Å²) < 4.78 is 0. The fourth-order valence-corrected chi connectivity index (χ4v) is 1.77. The number of hydrogen-bond donors (Lipinski definition) is 0. The minimum absolute atomic E-state index is 0.507. The minimum atomic E-state index is 0.507. The maximum Gasteiger partial charge on any atom is 0.106 e. The molecular weight excluding hydrogens is 222 g/mol. The fraction of sp³-hybridized carbons (Fsp3) is 0.462. The van der Waals surface area contributed by atoms with Gasteiger partial charge in [-0.15, -0.1) is 0 Å². The number of benzene rings is 1. The van der Waals surface area contributed by atoms with E-state index in [1.807, 2.05) is 19.1 Å². The highest BCUT2D eigenvalue weighted by Gasteiger charge is 2.07. The van der Waals surface area contributed by atoms with Gasteiger partial charge in [-0.2, -0.15) is 0 Å². The SMILES string of the molecule is CCC(C)c1cc(Cl)cc(/C(C)=N/OC)c1. The molecule has 1 aromatic carbocycles. The van der Waals surface area contributed by atoms with Crippen molar-refractivity contribution in [3.8, 4) is 0 Å². The Hall–Kier alpha value is -1.02. The van der Waals surface area contributed by atoms with Crippen molar-refractivity contribution >= 4 is 17.3 Å². The van der Waals surface area contributed by atoms with Crippen LogP contribution in [0.1, 0.15) is 44.2 Å². The summed E-state index contributed by atoms with van der Waals surface area (Å²) in [5, 5.41) is 4.67. The Morgan fingerprint density at radius 1 is 1.44 bits per heavy atom. The summed E-state index contributed by atoms with van der Waals surface area (Å²) in [5.41, 5.74) is 3.11. The molecular formula is C13H18ClNO. The zero-order valence-electron chi connectivity index (χ0n) is 10.2. The maximum atomic E-state index is 6.10. The van der Waals surface area contributed by atoms with E-state index in [4.69, 9.17) is 16.4 Å². The summed E-state index contributed by atoms with van der Waals surface area (Å²) in [6.07, 6.45) is 1.10. The van der Waals surface area contributed by atoms with E-state index in [0.717, 1.165) is 22.7 Å². The van der Waals surface area contributed by atoms with Crippen LogP contribution in [0.2, 0.25) is 5.02 Å². The molecule has 0 aliphatic heterocycles. The Morgan fingerprint density at radius 2 is 2.12 bits per heavy atom. The van der Waals surface area contributed by atoms with E-state index in [1.165, 1.54) is 5.56 Å². The smallest absolute Gasteiger partial charge is 0.106 e. The molecule has 0 aliphatic rings. The quantitative estimate of drug-likeness (QED) is 0.569. The molecule has 0 aliphatic carbocycles. The average molecular weight is 240 g/mol. The van der Waals surface area contributed by atoms with Gasteiger partial charge in [-0.25, -0.2) is 0 Å². The Morgan fingerprint density at radius 3 is 2.69 bits per heavy atom. The molecule has 0 amide bonds. The van der Waals surface area contributed by atoms with E-state index >= 15 is 0 Å². The Kier molecular flexibility index (Phi) is 4.81. The van der Waals surface area contributed by atoms with E-state index in [1.54, 1.807) is 7.11 Å². The molecule has 0 saturated heterocycles. The van der Waals surface area contributed by atoms with Gasteiger partial charge in [0, 0.05) is 10.6 Å². The molecule has 0 heterocycles. The van der Waals surface area contributed by atoms with Gasteiger partial charge in [0.2, 0.25) is 0 Å². The van der Waals surface area contributed by atoms with Gasteiger partial charge in [0.25, 0.3) is 0 Å². The standard InChI is InChI=1S/C13H18ClNO/c1-5-9(2)11-6-12(8-13(14)7-11)10(3)15-16-4/h6-9H,5H2,1-4H3/b15-10+. The molecule has 0 spiro atoms. The molecule has 2 nitrogen and oxygen atoms in total. The van der Waals surface area contributed by atoms with Gasteiger partial charge in [-0.1, -0.05) is 30.6 Å². The van der Waals surface area contributed by atoms with E-state index in [-0.39, 0.29) is 0 Å². The summed E-state index contributed by atoms with van der Waals surface area (Å²) in [7, 11) is 1.55. The third-order valence-corrected chi connectivity index (χ3v) is 2.97. The van der Waals surface area contributed by atoms with Gasteiger partial charge in [-0.05, 0) is 43.0 Å². The van der Waals surface area contributed by atoms with Gasteiger partial charge in [0.05, 0.1) is 5.71 Å². The van der Waals surface area contributed by atoms with Crippen LogP contribution in [0.5, 0.6) is 0 Å². The van der Waals surface area contributed by atoms with E-state index in [0.29, 0.717) is 5.92 Å². The van der Waals surface area contributed by atoms with E-state index in [2.05, 4.69) is 25.1 Å². The molecule has 88 valence electrons. The number of halogens is 1. The largest absolute Gasteiger partial charge is 0.399 e. The topological polar surface area (TPSA) is 21.6 Å². The number of hydrogen-bond acceptors (Lipinski definition) is 2. The van der Waals surface area contributed by atoms with Gasteiger partial charge in [0.1, 0.15) is 7.11 Å². The normalized spacial score (nSPS) is 13.7. The molecule has 1 aromatic rings. The number of oxime groups is 1. The molecule has 0 bridgehead atoms. The van der Waals surface area contributed by atoms with Crippen LogP contribution in [-0.4, -0.2) is 12.8 Å². The highest BCUT2D eigenvalue weighted by Crippen LogP contribution is 2.24. The van der Waals surface area contributed by atoms with Crippen molar-refractivity contribution in [1.82, 2.24) is 0 Å². The molecule has 3 heteroatoms. The highest BCUT2D eigenvalue weighted by molar-refractivity contribution is 6.31. The third-order valence-electron chi connectivity index (χ3n) is 2.75. The van der Waals surface area contributed by atoms with E-state index < -0.39 is 0 Å². The summed E-state index contributed by atoms with van der Waals surface area (Å²) >= 11 is 6.10. The first kappa shape index (κ1) is 13.0. The van der Waals surface area contributed by atoms with Crippen molar-refractivity contribution in [3.05, 3.63) is 34.3 Å². The van der Waals surface area contributed by atoms with Crippen molar-refractivity contribution in [2.45, 2.75) is 33.1 Å². The maximum absolute atomic E-state index is 6.10.